The van der Waals surface area contributed by atoms with E-state index in [9.17, 15) is 13.2 Å². The molecule has 2 aromatic carbocycles. The SMILES string of the molecule is CCN(CC)C(=O)c1cccc(NS(=O)(=O)c2cc(Cl)ccc2Cl)c1. The lowest BCUT2D eigenvalue weighted by atomic mass is 10.2. The maximum Gasteiger partial charge on any atom is 0.263 e. The van der Waals surface area contributed by atoms with Gasteiger partial charge in [0, 0.05) is 29.4 Å². The minimum absolute atomic E-state index is 0.0623. The molecule has 8 heteroatoms. The molecular formula is C17H18Cl2N2O3S. The molecular weight excluding hydrogens is 383 g/mol. The van der Waals surface area contributed by atoms with Crippen LogP contribution in [-0.4, -0.2) is 32.3 Å². The average molecular weight is 401 g/mol. The van der Waals surface area contributed by atoms with Crippen LogP contribution in [-0.2, 0) is 10.0 Å². The Kier molecular flexibility index (Phi) is 6.32. The van der Waals surface area contributed by atoms with Crippen molar-refractivity contribution >= 4 is 44.8 Å². The molecule has 2 aromatic rings. The zero-order valence-corrected chi connectivity index (χ0v) is 16.1. The summed E-state index contributed by atoms with van der Waals surface area (Å²) >= 11 is 11.8. The molecule has 25 heavy (non-hydrogen) atoms. The Morgan fingerprint density at radius 1 is 1.08 bits per heavy atom. The number of halogens is 2. The molecule has 0 atom stereocenters. The molecule has 0 unspecified atom stereocenters. The van der Waals surface area contributed by atoms with Gasteiger partial charge in [0.1, 0.15) is 4.90 Å². The third kappa shape index (κ3) is 4.66. The molecule has 0 fully saturated rings. The van der Waals surface area contributed by atoms with Gasteiger partial charge in [-0.15, -0.1) is 0 Å². The molecule has 134 valence electrons. The lowest BCUT2D eigenvalue weighted by Gasteiger charge is -2.19. The summed E-state index contributed by atoms with van der Waals surface area (Å²) in [6.07, 6.45) is 0. The molecule has 1 N–H and O–H groups in total. The minimum atomic E-state index is -3.93. The van der Waals surface area contributed by atoms with Crippen molar-refractivity contribution in [3.63, 3.8) is 0 Å². The number of anilines is 1. The van der Waals surface area contributed by atoms with Gasteiger partial charge in [-0.25, -0.2) is 8.42 Å². The summed E-state index contributed by atoms with van der Waals surface area (Å²) in [4.78, 5) is 13.9. The molecule has 0 aliphatic carbocycles. The van der Waals surface area contributed by atoms with Crippen LogP contribution in [0.2, 0.25) is 10.0 Å². The molecule has 0 radical (unpaired) electrons. The monoisotopic (exact) mass is 400 g/mol. The van der Waals surface area contributed by atoms with Crippen molar-refractivity contribution in [1.82, 2.24) is 4.90 Å². The number of carbonyl (C=O) groups is 1. The number of nitrogens with zero attached hydrogens (tertiary/aromatic N) is 1. The van der Waals surface area contributed by atoms with Crippen LogP contribution < -0.4 is 4.72 Å². The third-order valence-corrected chi connectivity index (χ3v) is 5.69. The molecule has 0 bridgehead atoms. The Morgan fingerprint density at radius 2 is 1.76 bits per heavy atom. The minimum Gasteiger partial charge on any atom is -0.339 e. The van der Waals surface area contributed by atoms with Crippen molar-refractivity contribution in [2.24, 2.45) is 0 Å². The van der Waals surface area contributed by atoms with Gasteiger partial charge in [0.2, 0.25) is 0 Å². The lowest BCUT2D eigenvalue weighted by Crippen LogP contribution is -2.30. The number of amides is 1. The first-order valence-electron chi connectivity index (χ1n) is 7.65. The van der Waals surface area contributed by atoms with E-state index < -0.39 is 10.0 Å². The van der Waals surface area contributed by atoms with Crippen molar-refractivity contribution in [1.29, 1.82) is 0 Å². The number of benzene rings is 2. The van der Waals surface area contributed by atoms with Gasteiger partial charge < -0.3 is 4.90 Å². The third-order valence-electron chi connectivity index (χ3n) is 3.60. The Labute approximate surface area is 157 Å². The van der Waals surface area contributed by atoms with Gasteiger partial charge in [-0.05, 0) is 50.2 Å². The molecule has 0 saturated carbocycles. The molecule has 0 saturated heterocycles. The molecule has 0 aliphatic rings. The highest BCUT2D eigenvalue weighted by Crippen LogP contribution is 2.27. The zero-order chi connectivity index (χ0) is 18.6. The van der Waals surface area contributed by atoms with E-state index >= 15 is 0 Å². The average Bonchev–Trinajstić information content (AvgIpc) is 2.57. The van der Waals surface area contributed by atoms with E-state index in [2.05, 4.69) is 4.72 Å². The Morgan fingerprint density at radius 3 is 2.40 bits per heavy atom. The fraction of sp³-hybridized carbons (Fsp3) is 0.235. The van der Waals surface area contributed by atoms with Crippen molar-refractivity contribution in [3.05, 3.63) is 58.1 Å². The molecule has 0 heterocycles. The van der Waals surface area contributed by atoms with Gasteiger partial charge in [0.05, 0.1) is 5.02 Å². The normalized spacial score (nSPS) is 11.2. The lowest BCUT2D eigenvalue weighted by molar-refractivity contribution is 0.0773. The Bertz CT molecular complexity index is 881. The Hall–Kier alpha value is -1.76. The summed E-state index contributed by atoms with van der Waals surface area (Å²) < 4.78 is 27.5. The number of carbonyl (C=O) groups excluding carboxylic acids is 1. The molecule has 1 amide bonds. The second-order valence-corrected chi connectivity index (χ2v) is 7.73. The quantitative estimate of drug-likeness (QED) is 0.786. The maximum absolute atomic E-state index is 12.6. The predicted molar refractivity (Wildman–Crippen MR) is 101 cm³/mol. The first kappa shape index (κ1) is 19.6. The molecule has 2 rings (SSSR count). The number of nitrogens with one attached hydrogen (secondary N) is 1. The van der Waals surface area contributed by atoms with E-state index in [0.29, 0.717) is 18.7 Å². The van der Waals surface area contributed by atoms with Crippen molar-refractivity contribution in [2.45, 2.75) is 18.7 Å². The summed E-state index contributed by atoms with van der Waals surface area (Å²) in [5.74, 6) is -0.160. The van der Waals surface area contributed by atoms with E-state index in [1.807, 2.05) is 13.8 Å². The van der Waals surface area contributed by atoms with Crippen LogP contribution >= 0.6 is 23.2 Å². The number of rotatable bonds is 6. The fourth-order valence-corrected chi connectivity index (χ4v) is 4.12. The maximum atomic E-state index is 12.6. The molecule has 0 aliphatic heterocycles. The standard InChI is InChI=1S/C17H18Cl2N2O3S/c1-3-21(4-2)17(22)12-6-5-7-14(10-12)20-25(23,24)16-11-13(18)8-9-15(16)19/h5-11,20H,3-4H2,1-2H3. The van der Waals surface area contributed by atoms with Crippen molar-refractivity contribution in [2.75, 3.05) is 17.8 Å². The van der Waals surface area contributed by atoms with Crippen LogP contribution in [0.5, 0.6) is 0 Å². The largest absolute Gasteiger partial charge is 0.339 e. The topological polar surface area (TPSA) is 66.5 Å². The van der Waals surface area contributed by atoms with E-state index in [1.54, 1.807) is 23.1 Å². The number of sulfonamides is 1. The van der Waals surface area contributed by atoms with Crippen LogP contribution in [0.25, 0.3) is 0 Å². The highest BCUT2D eigenvalue weighted by Gasteiger charge is 2.20. The van der Waals surface area contributed by atoms with Crippen molar-refractivity contribution < 1.29 is 13.2 Å². The molecule has 0 aromatic heterocycles. The molecule has 5 nitrogen and oxygen atoms in total. The first-order chi connectivity index (χ1) is 11.8. The van der Waals surface area contributed by atoms with Crippen LogP contribution in [0.1, 0.15) is 24.2 Å². The van der Waals surface area contributed by atoms with Gasteiger partial charge in [0.25, 0.3) is 15.9 Å². The van der Waals surface area contributed by atoms with Gasteiger partial charge >= 0.3 is 0 Å². The summed E-state index contributed by atoms with van der Waals surface area (Å²) in [6, 6.07) is 10.5. The van der Waals surface area contributed by atoms with Gasteiger partial charge in [-0.1, -0.05) is 29.3 Å². The second-order valence-electron chi connectivity index (χ2n) is 5.24. The summed E-state index contributed by atoms with van der Waals surface area (Å²) in [5.41, 5.74) is 0.676. The summed E-state index contributed by atoms with van der Waals surface area (Å²) in [7, 11) is -3.93. The van der Waals surface area contributed by atoms with Crippen LogP contribution in [0.4, 0.5) is 5.69 Å². The zero-order valence-electron chi connectivity index (χ0n) is 13.8. The van der Waals surface area contributed by atoms with Gasteiger partial charge in [-0.2, -0.15) is 0 Å². The van der Waals surface area contributed by atoms with Crippen LogP contribution in [0.3, 0.4) is 0 Å². The summed E-state index contributed by atoms with van der Waals surface area (Å²) in [6.45, 7) is 4.91. The first-order valence-corrected chi connectivity index (χ1v) is 9.89. The predicted octanol–water partition coefficient (Wildman–Crippen LogP) is 4.28. The van der Waals surface area contributed by atoms with Gasteiger partial charge in [-0.3, -0.25) is 9.52 Å². The van der Waals surface area contributed by atoms with E-state index in [-0.39, 0.29) is 26.5 Å². The fourth-order valence-electron chi connectivity index (χ4n) is 2.30. The smallest absolute Gasteiger partial charge is 0.263 e. The molecule has 0 spiro atoms. The number of hydrogen-bond donors (Lipinski definition) is 1. The van der Waals surface area contributed by atoms with E-state index in [0.717, 1.165) is 0 Å². The van der Waals surface area contributed by atoms with Gasteiger partial charge in [0.15, 0.2) is 0 Å². The number of hydrogen-bond acceptors (Lipinski definition) is 3. The van der Waals surface area contributed by atoms with Crippen LogP contribution in [0.15, 0.2) is 47.4 Å². The summed E-state index contributed by atoms with van der Waals surface area (Å²) in [5, 5.41) is 0.322. The van der Waals surface area contributed by atoms with Crippen LogP contribution in [0, 0.1) is 0 Å². The second kappa shape index (κ2) is 8.08. The van der Waals surface area contributed by atoms with Crippen molar-refractivity contribution in [3.8, 4) is 0 Å². The highest BCUT2D eigenvalue weighted by molar-refractivity contribution is 7.92. The Balaban J connectivity index is 2.33. The van der Waals surface area contributed by atoms with E-state index in [4.69, 9.17) is 23.2 Å². The highest BCUT2D eigenvalue weighted by atomic mass is 35.5. The van der Waals surface area contributed by atoms with E-state index in [1.165, 1.54) is 24.3 Å².